The average molecular weight is 246 g/mol. The van der Waals surface area contributed by atoms with Gasteiger partial charge in [0, 0.05) is 6.54 Å². The first-order valence-corrected chi connectivity index (χ1v) is 6.23. The molecule has 2 aromatic rings. The highest BCUT2D eigenvalue weighted by Gasteiger charge is 2.06. The molecule has 0 atom stereocenters. The zero-order chi connectivity index (χ0) is 12.8. The fourth-order valence-corrected chi connectivity index (χ4v) is 1.60. The lowest BCUT2D eigenvalue weighted by Crippen LogP contribution is -2.11. The van der Waals surface area contributed by atoms with E-state index in [0.29, 0.717) is 6.54 Å². The standard InChI is InChI=1S/C14H18N2O2/c1-3-11-6-5-7-13(8-11)18-14-16-12(10-17-14)9-15-4-2/h5-8,10,15H,3-4,9H2,1-2H3. The molecule has 1 heterocycles. The number of aromatic nitrogens is 1. The number of hydrogen-bond donors (Lipinski definition) is 1. The van der Waals surface area contributed by atoms with Gasteiger partial charge >= 0.3 is 6.08 Å². The number of benzene rings is 1. The number of oxazole rings is 1. The predicted octanol–water partition coefficient (Wildman–Crippen LogP) is 3.14. The summed E-state index contributed by atoms with van der Waals surface area (Å²) >= 11 is 0. The Balaban J connectivity index is 2.01. The van der Waals surface area contributed by atoms with Crippen LogP contribution in [0.5, 0.6) is 11.8 Å². The van der Waals surface area contributed by atoms with Gasteiger partial charge in [-0.05, 0) is 30.7 Å². The minimum atomic E-state index is 0.288. The molecule has 0 fully saturated rings. The van der Waals surface area contributed by atoms with Gasteiger partial charge in [0.05, 0.1) is 5.69 Å². The molecule has 1 N–H and O–H groups in total. The summed E-state index contributed by atoms with van der Waals surface area (Å²) in [6.07, 6.45) is 2.88. The van der Waals surface area contributed by atoms with Crippen LogP contribution in [0.3, 0.4) is 0 Å². The molecular formula is C14H18N2O2. The van der Waals surface area contributed by atoms with E-state index in [4.69, 9.17) is 9.15 Å². The average Bonchev–Trinajstić information content (AvgIpc) is 2.84. The molecule has 0 spiro atoms. The Morgan fingerprint density at radius 2 is 2.22 bits per heavy atom. The van der Waals surface area contributed by atoms with Gasteiger partial charge in [0.1, 0.15) is 12.0 Å². The van der Waals surface area contributed by atoms with Crippen LogP contribution in [0.15, 0.2) is 34.9 Å². The Bertz CT molecular complexity index is 494. The molecule has 0 aliphatic heterocycles. The normalized spacial score (nSPS) is 10.6. The summed E-state index contributed by atoms with van der Waals surface area (Å²) in [5, 5.41) is 3.18. The van der Waals surface area contributed by atoms with E-state index < -0.39 is 0 Å². The Morgan fingerprint density at radius 3 is 3.00 bits per heavy atom. The number of ether oxygens (including phenoxy) is 1. The SMILES string of the molecule is CCNCc1coc(Oc2cccc(CC)c2)n1. The van der Waals surface area contributed by atoms with Crippen molar-refractivity contribution in [2.24, 2.45) is 0 Å². The van der Waals surface area contributed by atoms with Crippen molar-refractivity contribution in [1.29, 1.82) is 0 Å². The van der Waals surface area contributed by atoms with Gasteiger partial charge in [0.15, 0.2) is 0 Å². The summed E-state index contributed by atoms with van der Waals surface area (Å²) in [5.74, 6) is 0.756. The molecule has 18 heavy (non-hydrogen) atoms. The molecule has 0 saturated carbocycles. The molecular weight excluding hydrogens is 228 g/mol. The van der Waals surface area contributed by atoms with Crippen molar-refractivity contribution in [2.45, 2.75) is 26.8 Å². The Labute approximate surface area is 107 Å². The van der Waals surface area contributed by atoms with E-state index in [2.05, 4.69) is 23.3 Å². The van der Waals surface area contributed by atoms with Crippen molar-refractivity contribution in [3.63, 3.8) is 0 Å². The molecule has 0 radical (unpaired) electrons. The minimum Gasteiger partial charge on any atom is -0.417 e. The first kappa shape index (κ1) is 12.6. The molecule has 0 saturated heterocycles. The maximum Gasteiger partial charge on any atom is 0.399 e. The van der Waals surface area contributed by atoms with E-state index in [0.717, 1.165) is 24.4 Å². The molecule has 4 heteroatoms. The van der Waals surface area contributed by atoms with Crippen LogP contribution in [-0.4, -0.2) is 11.5 Å². The van der Waals surface area contributed by atoms with Crippen molar-refractivity contribution in [3.8, 4) is 11.8 Å². The second-order valence-electron chi connectivity index (χ2n) is 3.99. The molecule has 0 aliphatic rings. The number of aryl methyl sites for hydroxylation is 1. The van der Waals surface area contributed by atoms with Crippen LogP contribution in [0.1, 0.15) is 25.1 Å². The van der Waals surface area contributed by atoms with Gasteiger partial charge < -0.3 is 14.5 Å². The Hall–Kier alpha value is -1.81. The van der Waals surface area contributed by atoms with Gasteiger partial charge in [-0.3, -0.25) is 0 Å². The third-order valence-electron chi connectivity index (χ3n) is 2.60. The Morgan fingerprint density at radius 1 is 1.33 bits per heavy atom. The van der Waals surface area contributed by atoms with Gasteiger partial charge in [-0.25, -0.2) is 0 Å². The molecule has 2 rings (SSSR count). The quantitative estimate of drug-likeness (QED) is 0.850. The van der Waals surface area contributed by atoms with Crippen molar-refractivity contribution in [2.75, 3.05) is 6.54 Å². The lowest BCUT2D eigenvalue weighted by molar-refractivity contribution is 0.330. The van der Waals surface area contributed by atoms with Crippen LogP contribution in [0.2, 0.25) is 0 Å². The summed E-state index contributed by atoms with van der Waals surface area (Å²) in [7, 11) is 0. The fourth-order valence-electron chi connectivity index (χ4n) is 1.60. The lowest BCUT2D eigenvalue weighted by atomic mass is 10.2. The second kappa shape index (κ2) is 6.21. The van der Waals surface area contributed by atoms with E-state index in [1.807, 2.05) is 25.1 Å². The maximum absolute atomic E-state index is 5.58. The second-order valence-corrected chi connectivity index (χ2v) is 3.99. The van der Waals surface area contributed by atoms with E-state index in [-0.39, 0.29) is 6.08 Å². The van der Waals surface area contributed by atoms with Crippen molar-refractivity contribution in [1.82, 2.24) is 10.3 Å². The molecule has 4 nitrogen and oxygen atoms in total. The highest BCUT2D eigenvalue weighted by Crippen LogP contribution is 2.21. The number of nitrogens with zero attached hydrogens (tertiary/aromatic N) is 1. The summed E-state index contributed by atoms with van der Waals surface area (Å²) in [6, 6.07) is 7.93. The monoisotopic (exact) mass is 246 g/mol. The summed E-state index contributed by atoms with van der Waals surface area (Å²) < 4.78 is 10.8. The van der Waals surface area contributed by atoms with Crippen molar-refractivity contribution >= 4 is 0 Å². The van der Waals surface area contributed by atoms with Gasteiger partial charge in [-0.15, -0.1) is 0 Å². The first-order chi connectivity index (χ1) is 8.81. The van der Waals surface area contributed by atoms with Gasteiger partial charge in [0.25, 0.3) is 0 Å². The molecule has 0 aliphatic carbocycles. The summed E-state index contributed by atoms with van der Waals surface area (Å²) in [5.41, 5.74) is 2.07. The third-order valence-corrected chi connectivity index (χ3v) is 2.60. The van der Waals surface area contributed by atoms with E-state index >= 15 is 0 Å². The number of rotatable bonds is 6. The van der Waals surface area contributed by atoms with Crippen LogP contribution in [0.4, 0.5) is 0 Å². The zero-order valence-electron chi connectivity index (χ0n) is 10.8. The number of hydrogen-bond acceptors (Lipinski definition) is 4. The van der Waals surface area contributed by atoms with Crippen molar-refractivity contribution < 1.29 is 9.15 Å². The summed E-state index contributed by atoms with van der Waals surface area (Å²) in [4.78, 5) is 4.25. The van der Waals surface area contributed by atoms with Crippen LogP contribution in [0, 0.1) is 0 Å². The Kier molecular flexibility index (Phi) is 4.36. The molecule has 1 aromatic carbocycles. The van der Waals surface area contributed by atoms with Crippen LogP contribution in [0.25, 0.3) is 0 Å². The maximum atomic E-state index is 5.58. The molecule has 0 bridgehead atoms. The predicted molar refractivity (Wildman–Crippen MR) is 69.8 cm³/mol. The van der Waals surface area contributed by atoms with Gasteiger partial charge in [-0.2, -0.15) is 4.98 Å². The van der Waals surface area contributed by atoms with E-state index in [1.54, 1.807) is 6.26 Å². The topological polar surface area (TPSA) is 47.3 Å². The summed E-state index contributed by atoms with van der Waals surface area (Å²) in [6.45, 7) is 5.76. The van der Waals surface area contributed by atoms with Gasteiger partial charge in [-0.1, -0.05) is 26.0 Å². The zero-order valence-corrected chi connectivity index (χ0v) is 10.8. The molecule has 0 unspecified atom stereocenters. The lowest BCUT2D eigenvalue weighted by Gasteiger charge is -2.02. The highest BCUT2D eigenvalue weighted by atomic mass is 16.6. The minimum absolute atomic E-state index is 0.288. The molecule has 1 aromatic heterocycles. The van der Waals surface area contributed by atoms with Gasteiger partial charge in [0.2, 0.25) is 0 Å². The number of nitrogens with one attached hydrogen (secondary N) is 1. The van der Waals surface area contributed by atoms with Crippen LogP contribution >= 0.6 is 0 Å². The third kappa shape index (κ3) is 3.34. The fraction of sp³-hybridized carbons (Fsp3) is 0.357. The smallest absolute Gasteiger partial charge is 0.399 e. The first-order valence-electron chi connectivity index (χ1n) is 6.23. The van der Waals surface area contributed by atoms with Crippen LogP contribution in [-0.2, 0) is 13.0 Å². The highest BCUT2D eigenvalue weighted by molar-refractivity contribution is 5.30. The van der Waals surface area contributed by atoms with Crippen LogP contribution < -0.4 is 10.1 Å². The van der Waals surface area contributed by atoms with E-state index in [1.165, 1.54) is 5.56 Å². The largest absolute Gasteiger partial charge is 0.417 e. The van der Waals surface area contributed by atoms with Crippen molar-refractivity contribution in [3.05, 3.63) is 41.8 Å². The van der Waals surface area contributed by atoms with E-state index in [9.17, 15) is 0 Å². The molecule has 0 amide bonds. The molecule has 96 valence electrons.